The number of aryl methyl sites for hydroxylation is 2. The number of carbonyl (C=O) groups is 2. The molecule has 1 fully saturated rings. The summed E-state index contributed by atoms with van der Waals surface area (Å²) in [4.78, 5) is 23.2. The van der Waals surface area contributed by atoms with E-state index < -0.39 is 28.1 Å². The molecule has 12 heteroatoms. The van der Waals surface area contributed by atoms with E-state index in [0.717, 1.165) is 43.5 Å². The van der Waals surface area contributed by atoms with Gasteiger partial charge in [-0.15, -0.1) is 0 Å². The Morgan fingerprint density at radius 2 is 1.49 bits per heavy atom. The molecule has 1 saturated heterocycles. The van der Waals surface area contributed by atoms with Crippen LogP contribution in [0.25, 0.3) is 0 Å². The highest BCUT2D eigenvalue weighted by atomic mass is 32.2. The Labute approximate surface area is 236 Å². The number of sulfonamides is 1. The highest BCUT2D eigenvalue weighted by Crippen LogP contribution is 2.31. The van der Waals surface area contributed by atoms with Crippen LogP contribution < -0.4 is 9.62 Å². The maximum Gasteiger partial charge on any atom is 0.490 e. The zero-order valence-corrected chi connectivity index (χ0v) is 23.3. The van der Waals surface area contributed by atoms with Crippen LogP contribution >= 0.6 is 0 Å². The first kappa shape index (κ1) is 31.5. The van der Waals surface area contributed by atoms with Crippen molar-refractivity contribution in [3.05, 3.63) is 89.0 Å². The number of benzene rings is 3. The first-order valence-corrected chi connectivity index (χ1v) is 14.2. The van der Waals surface area contributed by atoms with Crippen LogP contribution in [0.15, 0.2) is 71.6 Å². The summed E-state index contributed by atoms with van der Waals surface area (Å²) in [7, 11) is -3.83. The third-order valence-corrected chi connectivity index (χ3v) is 7.91. The molecule has 0 radical (unpaired) electrons. The molecule has 0 amide bonds. The first-order valence-electron chi connectivity index (χ1n) is 12.7. The van der Waals surface area contributed by atoms with Gasteiger partial charge in [-0.05, 0) is 86.1 Å². The fraction of sp³-hybridized carbons (Fsp3) is 0.310. The molecule has 3 N–H and O–H groups in total. The summed E-state index contributed by atoms with van der Waals surface area (Å²) >= 11 is 0. The summed E-state index contributed by atoms with van der Waals surface area (Å²) < 4.78 is 60.1. The van der Waals surface area contributed by atoms with Crippen molar-refractivity contribution in [2.75, 3.05) is 22.7 Å². The number of hydrogen-bond acceptors (Lipinski definition) is 5. The predicted molar refractivity (Wildman–Crippen MR) is 149 cm³/mol. The third kappa shape index (κ3) is 8.97. The van der Waals surface area contributed by atoms with Gasteiger partial charge in [-0.3, -0.25) is 4.72 Å². The Balaban J connectivity index is 0.000000587. The van der Waals surface area contributed by atoms with E-state index in [2.05, 4.69) is 33.9 Å². The third-order valence-electron chi connectivity index (χ3n) is 6.55. The number of alkyl halides is 3. The number of nitrogens with one attached hydrogen (secondary N) is 1. The standard InChI is InChI=1S/C27H30N2O4S.C2HF3O2/c1-19-14-20(2)16-24(15-19)34(32,33)28-23-8-9-26(25(18-23)27(30)31)29-12-10-22(11-13-29)17-21-6-4-3-5-7-21;3-2(4,5)1(6)7/h3-9,14-16,18,22,28H,10-13,17H2,1-2H3,(H,30,31);(H,6,7). The number of carboxylic acid groups (broad SMARTS) is 2. The van der Waals surface area contributed by atoms with E-state index >= 15 is 0 Å². The first-order chi connectivity index (χ1) is 19.2. The van der Waals surface area contributed by atoms with Crippen LogP contribution in [-0.4, -0.2) is 49.8 Å². The molecule has 3 aromatic rings. The number of hydrogen-bond donors (Lipinski definition) is 3. The number of carboxylic acids is 2. The number of anilines is 2. The van der Waals surface area contributed by atoms with E-state index in [9.17, 15) is 31.5 Å². The minimum atomic E-state index is -5.08. The summed E-state index contributed by atoms with van der Waals surface area (Å²) in [6, 6.07) is 20.3. The van der Waals surface area contributed by atoms with Crippen molar-refractivity contribution in [3.63, 3.8) is 0 Å². The Morgan fingerprint density at radius 1 is 0.927 bits per heavy atom. The SMILES string of the molecule is Cc1cc(C)cc(S(=O)(=O)Nc2ccc(N3CCC(Cc4ccccc4)CC3)c(C(=O)O)c2)c1.O=C(O)C(F)(F)F. The molecule has 0 unspecified atom stereocenters. The van der Waals surface area contributed by atoms with E-state index in [1.807, 2.05) is 26.0 Å². The summed E-state index contributed by atoms with van der Waals surface area (Å²) in [6.07, 6.45) is -2.09. The van der Waals surface area contributed by atoms with Gasteiger partial charge < -0.3 is 15.1 Å². The number of piperidine rings is 1. The lowest BCUT2D eigenvalue weighted by molar-refractivity contribution is -0.192. The molecule has 0 aliphatic carbocycles. The average molecular weight is 593 g/mol. The topological polar surface area (TPSA) is 124 Å². The number of rotatable bonds is 7. The average Bonchev–Trinajstić information content (AvgIpc) is 2.89. The number of halogens is 3. The predicted octanol–water partition coefficient (Wildman–Crippen LogP) is 5.89. The van der Waals surface area contributed by atoms with Crippen LogP contribution in [0.4, 0.5) is 24.5 Å². The molecule has 220 valence electrons. The Hall–Kier alpha value is -4.06. The summed E-state index contributed by atoms with van der Waals surface area (Å²) in [5, 5.41) is 17.0. The fourth-order valence-corrected chi connectivity index (χ4v) is 5.91. The molecule has 0 saturated carbocycles. The lowest BCUT2D eigenvalue weighted by Crippen LogP contribution is -2.35. The van der Waals surface area contributed by atoms with Gasteiger partial charge in [0, 0.05) is 18.8 Å². The molecule has 41 heavy (non-hydrogen) atoms. The van der Waals surface area contributed by atoms with Crippen LogP contribution in [0.2, 0.25) is 0 Å². The summed E-state index contributed by atoms with van der Waals surface area (Å²) in [5.41, 5.74) is 3.98. The second-order valence-electron chi connectivity index (χ2n) is 9.89. The lowest BCUT2D eigenvalue weighted by atomic mass is 9.90. The van der Waals surface area contributed by atoms with Crippen molar-refractivity contribution in [1.29, 1.82) is 0 Å². The molecule has 3 aromatic carbocycles. The van der Waals surface area contributed by atoms with Crippen molar-refractivity contribution in [2.24, 2.45) is 5.92 Å². The molecular formula is C29H31F3N2O6S. The van der Waals surface area contributed by atoms with Gasteiger partial charge in [-0.25, -0.2) is 18.0 Å². The largest absolute Gasteiger partial charge is 0.490 e. The van der Waals surface area contributed by atoms with Crippen LogP contribution in [-0.2, 0) is 21.2 Å². The van der Waals surface area contributed by atoms with Gasteiger partial charge in [0.15, 0.2) is 0 Å². The van der Waals surface area contributed by atoms with E-state index in [0.29, 0.717) is 11.6 Å². The maximum absolute atomic E-state index is 12.9. The van der Waals surface area contributed by atoms with Gasteiger partial charge in [-0.1, -0.05) is 36.4 Å². The fourth-order valence-electron chi connectivity index (χ4n) is 4.67. The van der Waals surface area contributed by atoms with Gasteiger partial charge in [0.05, 0.1) is 16.1 Å². The second-order valence-corrected chi connectivity index (χ2v) is 11.6. The zero-order valence-electron chi connectivity index (χ0n) is 22.5. The van der Waals surface area contributed by atoms with Crippen molar-refractivity contribution < 1.29 is 41.4 Å². The van der Waals surface area contributed by atoms with Crippen LogP contribution in [0.1, 0.15) is 39.9 Å². The van der Waals surface area contributed by atoms with Gasteiger partial charge in [0.1, 0.15) is 0 Å². The van der Waals surface area contributed by atoms with Gasteiger partial charge in [0.2, 0.25) is 0 Å². The maximum atomic E-state index is 12.9. The molecule has 0 bridgehead atoms. The van der Waals surface area contributed by atoms with Crippen LogP contribution in [0.5, 0.6) is 0 Å². The van der Waals surface area contributed by atoms with Crippen LogP contribution in [0.3, 0.4) is 0 Å². The molecule has 0 aromatic heterocycles. The Kier molecular flexibility index (Phi) is 10.0. The van der Waals surface area contributed by atoms with E-state index in [4.69, 9.17) is 9.90 Å². The van der Waals surface area contributed by atoms with E-state index in [-0.39, 0.29) is 16.1 Å². The quantitative estimate of drug-likeness (QED) is 0.312. The highest BCUT2D eigenvalue weighted by molar-refractivity contribution is 7.92. The normalized spacial score (nSPS) is 14.1. The summed E-state index contributed by atoms with van der Waals surface area (Å²) in [5.74, 6) is -3.27. The smallest absolute Gasteiger partial charge is 0.478 e. The van der Waals surface area contributed by atoms with Crippen LogP contribution in [0, 0.1) is 19.8 Å². The number of aliphatic carboxylic acids is 1. The van der Waals surface area contributed by atoms with Crippen molar-refractivity contribution >= 4 is 33.3 Å². The monoisotopic (exact) mass is 592 g/mol. The molecule has 0 atom stereocenters. The molecule has 0 spiro atoms. The lowest BCUT2D eigenvalue weighted by Gasteiger charge is -2.34. The molecule has 4 rings (SSSR count). The second kappa shape index (κ2) is 13.1. The van der Waals surface area contributed by atoms with E-state index in [1.54, 1.807) is 24.3 Å². The molecule has 1 aliphatic rings. The van der Waals surface area contributed by atoms with Gasteiger partial charge >= 0.3 is 18.1 Å². The van der Waals surface area contributed by atoms with Gasteiger partial charge in [-0.2, -0.15) is 13.2 Å². The van der Waals surface area contributed by atoms with Crippen molar-refractivity contribution in [3.8, 4) is 0 Å². The Bertz CT molecular complexity index is 1470. The summed E-state index contributed by atoms with van der Waals surface area (Å²) in [6.45, 7) is 5.22. The molecule has 1 heterocycles. The Morgan fingerprint density at radius 3 is 2.00 bits per heavy atom. The molecule has 1 aliphatic heterocycles. The number of nitrogens with zero attached hydrogens (tertiary/aromatic N) is 1. The minimum Gasteiger partial charge on any atom is -0.478 e. The van der Waals surface area contributed by atoms with Crippen molar-refractivity contribution in [2.45, 2.75) is 44.2 Å². The minimum absolute atomic E-state index is 0.0992. The van der Waals surface area contributed by atoms with Gasteiger partial charge in [0.25, 0.3) is 10.0 Å². The zero-order chi connectivity index (χ0) is 30.4. The van der Waals surface area contributed by atoms with E-state index in [1.165, 1.54) is 11.6 Å². The molecule has 8 nitrogen and oxygen atoms in total. The van der Waals surface area contributed by atoms with Crippen molar-refractivity contribution in [1.82, 2.24) is 0 Å². The number of aromatic carboxylic acids is 1. The molecular weight excluding hydrogens is 561 g/mol. The highest BCUT2D eigenvalue weighted by Gasteiger charge is 2.38.